The smallest absolute Gasteiger partial charge is 0.160 e. The Morgan fingerprint density at radius 3 is 2.81 bits per heavy atom. The van der Waals surface area contributed by atoms with E-state index in [0.717, 1.165) is 31.7 Å². The number of rotatable bonds is 7. The lowest BCUT2D eigenvalue weighted by molar-refractivity contribution is 0.216. The van der Waals surface area contributed by atoms with E-state index in [0.29, 0.717) is 17.7 Å². The van der Waals surface area contributed by atoms with Gasteiger partial charge in [-0.05, 0) is 43.0 Å². The van der Waals surface area contributed by atoms with Crippen LogP contribution in [0.2, 0.25) is 0 Å². The van der Waals surface area contributed by atoms with Crippen molar-refractivity contribution in [3.8, 4) is 11.5 Å². The van der Waals surface area contributed by atoms with Gasteiger partial charge in [-0.25, -0.2) is 0 Å². The summed E-state index contributed by atoms with van der Waals surface area (Å²) in [4.78, 5) is 2.48. The van der Waals surface area contributed by atoms with E-state index in [1.54, 1.807) is 7.11 Å². The van der Waals surface area contributed by atoms with Gasteiger partial charge in [0.25, 0.3) is 0 Å². The molecule has 21 heavy (non-hydrogen) atoms. The monoisotopic (exact) mass is 292 g/mol. The van der Waals surface area contributed by atoms with E-state index in [2.05, 4.69) is 24.1 Å². The predicted molar refractivity (Wildman–Crippen MR) is 85.8 cm³/mol. The molecule has 2 N–H and O–H groups in total. The fourth-order valence-electron chi connectivity index (χ4n) is 3.04. The number of methoxy groups -OCH3 is 1. The standard InChI is InChI=1S/C17H28N2O2/c1-13(2)10-19(12-15-5-4-8-18-15)11-14-6-7-17(21-3)16(20)9-14/h6-7,9,13,15,18,20H,4-5,8,10-12H2,1-3H3. The van der Waals surface area contributed by atoms with Crippen molar-refractivity contribution in [2.75, 3.05) is 26.7 Å². The van der Waals surface area contributed by atoms with Gasteiger partial charge in [-0.15, -0.1) is 0 Å². The molecule has 0 aliphatic carbocycles. The van der Waals surface area contributed by atoms with Crippen LogP contribution in [0.5, 0.6) is 11.5 Å². The normalized spacial score (nSPS) is 18.6. The molecule has 1 saturated heterocycles. The summed E-state index contributed by atoms with van der Waals surface area (Å²) in [7, 11) is 1.57. The molecule has 1 fully saturated rings. The number of nitrogens with zero attached hydrogens (tertiary/aromatic N) is 1. The van der Waals surface area contributed by atoms with Crippen molar-refractivity contribution in [2.24, 2.45) is 5.92 Å². The summed E-state index contributed by atoms with van der Waals surface area (Å²) in [6.07, 6.45) is 2.55. The maximum atomic E-state index is 9.91. The first-order chi connectivity index (χ1) is 10.1. The van der Waals surface area contributed by atoms with Crippen molar-refractivity contribution in [3.63, 3.8) is 0 Å². The minimum absolute atomic E-state index is 0.221. The molecule has 4 nitrogen and oxygen atoms in total. The lowest BCUT2D eigenvalue weighted by Crippen LogP contribution is -2.38. The molecule has 0 amide bonds. The van der Waals surface area contributed by atoms with Crippen molar-refractivity contribution in [1.82, 2.24) is 10.2 Å². The van der Waals surface area contributed by atoms with Crippen LogP contribution in [0.15, 0.2) is 18.2 Å². The van der Waals surface area contributed by atoms with Gasteiger partial charge < -0.3 is 15.2 Å². The fraction of sp³-hybridized carbons (Fsp3) is 0.647. The SMILES string of the molecule is COc1ccc(CN(CC(C)C)CC2CCCN2)cc1O. The van der Waals surface area contributed by atoms with E-state index in [1.165, 1.54) is 12.8 Å². The Balaban J connectivity index is 2.00. The lowest BCUT2D eigenvalue weighted by Gasteiger charge is -2.27. The van der Waals surface area contributed by atoms with Gasteiger partial charge >= 0.3 is 0 Å². The maximum absolute atomic E-state index is 9.91. The number of nitrogens with one attached hydrogen (secondary N) is 1. The Bertz CT molecular complexity index is 442. The molecule has 118 valence electrons. The summed E-state index contributed by atoms with van der Waals surface area (Å²) in [6, 6.07) is 6.30. The Morgan fingerprint density at radius 2 is 2.24 bits per heavy atom. The first-order valence-corrected chi connectivity index (χ1v) is 7.90. The average Bonchev–Trinajstić information content (AvgIpc) is 2.91. The number of ether oxygens (including phenoxy) is 1. The summed E-state index contributed by atoms with van der Waals surface area (Å²) in [6.45, 7) is 8.66. The highest BCUT2D eigenvalue weighted by Crippen LogP contribution is 2.27. The molecule has 1 atom stereocenters. The van der Waals surface area contributed by atoms with Gasteiger partial charge in [0.05, 0.1) is 7.11 Å². The summed E-state index contributed by atoms with van der Waals surface area (Å²) >= 11 is 0. The van der Waals surface area contributed by atoms with Gasteiger partial charge in [-0.1, -0.05) is 19.9 Å². The van der Waals surface area contributed by atoms with Crippen molar-refractivity contribution in [3.05, 3.63) is 23.8 Å². The van der Waals surface area contributed by atoms with Gasteiger partial charge in [0.15, 0.2) is 11.5 Å². The topological polar surface area (TPSA) is 44.7 Å². The summed E-state index contributed by atoms with van der Waals surface area (Å²) in [5.41, 5.74) is 1.13. The highest BCUT2D eigenvalue weighted by Gasteiger charge is 2.19. The molecule has 0 radical (unpaired) electrons. The number of phenols is 1. The average molecular weight is 292 g/mol. The third-order valence-corrected chi connectivity index (χ3v) is 3.91. The number of aromatic hydroxyl groups is 1. The second-order valence-corrected chi connectivity index (χ2v) is 6.39. The van der Waals surface area contributed by atoms with E-state index in [9.17, 15) is 5.11 Å². The minimum atomic E-state index is 0.221. The Morgan fingerprint density at radius 1 is 1.43 bits per heavy atom. The van der Waals surface area contributed by atoms with E-state index in [4.69, 9.17) is 4.74 Å². The second-order valence-electron chi connectivity index (χ2n) is 6.39. The van der Waals surface area contributed by atoms with Crippen LogP contribution in [0.25, 0.3) is 0 Å². The van der Waals surface area contributed by atoms with Crippen LogP contribution >= 0.6 is 0 Å². The highest BCUT2D eigenvalue weighted by atomic mass is 16.5. The number of hydrogen-bond acceptors (Lipinski definition) is 4. The van der Waals surface area contributed by atoms with Crippen LogP contribution < -0.4 is 10.1 Å². The first-order valence-electron chi connectivity index (χ1n) is 7.90. The van der Waals surface area contributed by atoms with Crippen LogP contribution in [-0.4, -0.2) is 42.8 Å². The quantitative estimate of drug-likeness (QED) is 0.811. The zero-order valence-corrected chi connectivity index (χ0v) is 13.4. The molecule has 1 aromatic carbocycles. The summed E-state index contributed by atoms with van der Waals surface area (Å²) in [5, 5.41) is 13.5. The molecule has 1 unspecified atom stereocenters. The van der Waals surface area contributed by atoms with Gasteiger partial charge in [0.2, 0.25) is 0 Å². The third kappa shape index (κ3) is 4.90. The molecule has 1 heterocycles. The van der Waals surface area contributed by atoms with Crippen molar-refractivity contribution in [1.29, 1.82) is 0 Å². The van der Waals surface area contributed by atoms with Crippen molar-refractivity contribution >= 4 is 0 Å². The molecule has 0 aromatic heterocycles. The minimum Gasteiger partial charge on any atom is -0.504 e. The fourth-order valence-corrected chi connectivity index (χ4v) is 3.04. The van der Waals surface area contributed by atoms with Crippen LogP contribution in [0.4, 0.5) is 0 Å². The summed E-state index contributed by atoms with van der Waals surface area (Å²) in [5.74, 6) is 1.39. The lowest BCUT2D eigenvalue weighted by atomic mass is 10.1. The first kappa shape index (κ1) is 16.1. The van der Waals surface area contributed by atoms with Crippen molar-refractivity contribution in [2.45, 2.75) is 39.3 Å². The highest BCUT2D eigenvalue weighted by molar-refractivity contribution is 5.41. The zero-order chi connectivity index (χ0) is 15.2. The molecule has 0 saturated carbocycles. The van der Waals surface area contributed by atoms with Gasteiger partial charge in [-0.2, -0.15) is 0 Å². The molecule has 0 spiro atoms. The van der Waals surface area contributed by atoms with Gasteiger partial charge in [0.1, 0.15) is 0 Å². The molecule has 0 bridgehead atoms. The van der Waals surface area contributed by atoms with Crippen molar-refractivity contribution < 1.29 is 9.84 Å². The van der Waals surface area contributed by atoms with Crippen LogP contribution in [-0.2, 0) is 6.54 Å². The van der Waals surface area contributed by atoms with Crippen LogP contribution in [0.1, 0.15) is 32.3 Å². The molecular weight excluding hydrogens is 264 g/mol. The van der Waals surface area contributed by atoms with Gasteiger partial charge in [0, 0.05) is 25.7 Å². The van der Waals surface area contributed by atoms with E-state index in [1.807, 2.05) is 18.2 Å². The summed E-state index contributed by atoms with van der Waals surface area (Å²) < 4.78 is 5.10. The Labute approximate surface area is 128 Å². The third-order valence-electron chi connectivity index (χ3n) is 3.91. The Hall–Kier alpha value is -1.26. The molecular formula is C17H28N2O2. The number of phenolic OH excluding ortho intramolecular Hbond substituents is 1. The molecule has 1 aliphatic rings. The van der Waals surface area contributed by atoms with Gasteiger partial charge in [-0.3, -0.25) is 4.90 Å². The van der Waals surface area contributed by atoms with E-state index < -0.39 is 0 Å². The van der Waals surface area contributed by atoms with E-state index in [-0.39, 0.29) is 5.75 Å². The number of hydrogen-bond donors (Lipinski definition) is 2. The molecule has 1 aromatic rings. The van der Waals surface area contributed by atoms with Crippen LogP contribution in [0, 0.1) is 5.92 Å². The predicted octanol–water partition coefficient (Wildman–Crippen LogP) is 2.61. The maximum Gasteiger partial charge on any atom is 0.160 e. The number of benzene rings is 1. The largest absolute Gasteiger partial charge is 0.504 e. The molecule has 2 rings (SSSR count). The van der Waals surface area contributed by atoms with E-state index >= 15 is 0 Å². The van der Waals surface area contributed by atoms with Crippen LogP contribution in [0.3, 0.4) is 0 Å². The zero-order valence-electron chi connectivity index (χ0n) is 13.4. The Kier molecular flexibility index (Phi) is 5.88. The molecule has 4 heteroatoms. The molecule has 1 aliphatic heterocycles. The second kappa shape index (κ2) is 7.66.